The van der Waals surface area contributed by atoms with Gasteiger partial charge in [-0.3, -0.25) is 4.79 Å². The van der Waals surface area contributed by atoms with E-state index >= 15 is 0 Å². The van der Waals surface area contributed by atoms with Crippen molar-refractivity contribution in [2.75, 3.05) is 0 Å². The van der Waals surface area contributed by atoms with Crippen LogP contribution >= 0.6 is 0 Å². The first kappa shape index (κ1) is 7.85. The van der Waals surface area contributed by atoms with E-state index in [4.69, 9.17) is 8.05 Å². The van der Waals surface area contributed by atoms with Gasteiger partial charge in [0.1, 0.15) is 0 Å². The van der Waals surface area contributed by atoms with Gasteiger partial charge in [0.15, 0.2) is 12.2 Å². The van der Waals surface area contributed by atoms with Crippen molar-refractivity contribution in [3.05, 3.63) is 24.0 Å². The average molecular weight is 172 g/mol. The number of aromatic nitrogens is 2. The molecule has 0 saturated heterocycles. The summed E-state index contributed by atoms with van der Waals surface area (Å²) in [5, 5.41) is 0.755. The third-order valence-electron chi connectivity index (χ3n) is 1.82. The molecule has 1 N–H and O–H groups in total. The lowest BCUT2D eigenvalue weighted by Gasteiger charge is -1.97. The predicted molar refractivity (Wildman–Crippen MR) is 47.9 cm³/mol. The molecule has 0 atom stereocenters. The summed E-state index contributed by atoms with van der Waals surface area (Å²) in [6.45, 7) is 0. The SMILES string of the molecule is [B]Oc1cc2c(C=O)c[nH]c2cn1. The number of rotatable bonds is 2. The summed E-state index contributed by atoms with van der Waals surface area (Å²) in [7, 11) is 4.94. The Bertz CT molecular complexity index is 452. The monoisotopic (exact) mass is 172 g/mol. The minimum absolute atomic E-state index is 0.287. The molecule has 2 aromatic rings. The van der Waals surface area contributed by atoms with Crippen molar-refractivity contribution in [2.45, 2.75) is 0 Å². The molecule has 0 aliphatic rings. The first-order valence-corrected chi connectivity index (χ1v) is 3.64. The minimum Gasteiger partial charge on any atom is -0.555 e. The van der Waals surface area contributed by atoms with E-state index in [-0.39, 0.29) is 5.88 Å². The number of nitrogens with zero attached hydrogens (tertiary/aromatic N) is 1. The maximum atomic E-state index is 10.6. The maximum absolute atomic E-state index is 10.6. The maximum Gasteiger partial charge on any atom is 0.376 e. The number of pyridine rings is 1. The van der Waals surface area contributed by atoms with E-state index in [1.165, 1.54) is 0 Å². The van der Waals surface area contributed by atoms with E-state index in [0.29, 0.717) is 5.56 Å². The van der Waals surface area contributed by atoms with Crippen molar-refractivity contribution >= 4 is 25.2 Å². The molecule has 2 heterocycles. The highest BCUT2D eigenvalue weighted by molar-refractivity contribution is 6.01. The summed E-state index contributed by atoms with van der Waals surface area (Å²) < 4.78 is 4.45. The van der Waals surface area contributed by atoms with Gasteiger partial charge in [0.05, 0.1) is 11.7 Å². The fourth-order valence-electron chi connectivity index (χ4n) is 1.19. The number of H-pyrrole nitrogens is 1. The second-order valence-electron chi connectivity index (χ2n) is 2.55. The number of nitrogens with one attached hydrogen (secondary N) is 1. The van der Waals surface area contributed by atoms with Crippen molar-refractivity contribution in [1.29, 1.82) is 0 Å². The van der Waals surface area contributed by atoms with Crippen molar-refractivity contribution in [3.63, 3.8) is 0 Å². The molecule has 2 aromatic heterocycles. The molecular formula is C8H5BN2O2. The first-order chi connectivity index (χ1) is 6.35. The molecule has 0 amide bonds. The van der Waals surface area contributed by atoms with Gasteiger partial charge in [0.25, 0.3) is 0 Å². The number of carbonyl (C=O) groups excluding carboxylic acids is 1. The number of hydrogen-bond donors (Lipinski definition) is 1. The Morgan fingerprint density at radius 1 is 1.62 bits per heavy atom. The number of aldehydes is 1. The molecule has 2 radical (unpaired) electrons. The van der Waals surface area contributed by atoms with Crippen LogP contribution in [-0.2, 0) is 0 Å². The zero-order valence-electron chi connectivity index (χ0n) is 6.65. The molecule has 0 aliphatic heterocycles. The van der Waals surface area contributed by atoms with Gasteiger partial charge >= 0.3 is 8.05 Å². The van der Waals surface area contributed by atoms with E-state index in [1.54, 1.807) is 18.5 Å². The second-order valence-corrected chi connectivity index (χ2v) is 2.55. The van der Waals surface area contributed by atoms with Crippen molar-refractivity contribution in [2.24, 2.45) is 0 Å². The molecule has 0 aliphatic carbocycles. The molecule has 13 heavy (non-hydrogen) atoms. The second kappa shape index (κ2) is 2.93. The number of fused-ring (bicyclic) bond motifs is 1. The predicted octanol–water partition coefficient (Wildman–Crippen LogP) is 0.838. The van der Waals surface area contributed by atoms with Crippen LogP contribution in [0.4, 0.5) is 0 Å². The van der Waals surface area contributed by atoms with Crippen molar-refractivity contribution in [1.82, 2.24) is 9.97 Å². The normalized spacial score (nSPS) is 10.2. The van der Waals surface area contributed by atoms with E-state index in [9.17, 15) is 4.79 Å². The first-order valence-electron chi connectivity index (χ1n) is 3.64. The van der Waals surface area contributed by atoms with Crippen LogP contribution in [0.2, 0.25) is 0 Å². The van der Waals surface area contributed by atoms with E-state index in [0.717, 1.165) is 17.2 Å². The van der Waals surface area contributed by atoms with E-state index in [1.807, 2.05) is 0 Å². The number of aromatic amines is 1. The third-order valence-corrected chi connectivity index (χ3v) is 1.82. The van der Waals surface area contributed by atoms with Gasteiger partial charge in [-0.25, -0.2) is 4.98 Å². The lowest BCUT2D eigenvalue weighted by molar-refractivity contribution is 0.112. The molecule has 0 bridgehead atoms. The molecule has 4 nitrogen and oxygen atoms in total. The fraction of sp³-hybridized carbons (Fsp3) is 0. The molecular weight excluding hydrogens is 167 g/mol. The Morgan fingerprint density at radius 2 is 2.46 bits per heavy atom. The zero-order chi connectivity index (χ0) is 9.26. The van der Waals surface area contributed by atoms with Crippen LogP contribution in [0, 0.1) is 0 Å². The molecule has 0 saturated carbocycles. The highest BCUT2D eigenvalue weighted by Gasteiger charge is 2.03. The van der Waals surface area contributed by atoms with E-state index in [2.05, 4.69) is 14.6 Å². The quantitative estimate of drug-likeness (QED) is 0.539. The highest BCUT2D eigenvalue weighted by Crippen LogP contribution is 2.19. The molecule has 5 heteroatoms. The van der Waals surface area contributed by atoms with Gasteiger partial charge in [0.2, 0.25) is 0 Å². The van der Waals surface area contributed by atoms with Crippen LogP contribution in [0.1, 0.15) is 10.4 Å². The van der Waals surface area contributed by atoms with Crippen LogP contribution in [-0.4, -0.2) is 24.3 Å². The molecule has 0 unspecified atom stereocenters. The van der Waals surface area contributed by atoms with Crippen molar-refractivity contribution < 1.29 is 9.45 Å². The zero-order valence-corrected chi connectivity index (χ0v) is 6.65. The summed E-state index contributed by atoms with van der Waals surface area (Å²) in [4.78, 5) is 17.3. The standard InChI is InChI=1S/C8H5BN2O2/c9-13-8-1-6-5(4-12)2-10-7(6)3-11-8/h1-4,10H. The van der Waals surface area contributed by atoms with Crippen LogP contribution in [0.25, 0.3) is 10.9 Å². The van der Waals surface area contributed by atoms with E-state index < -0.39 is 0 Å². The van der Waals surface area contributed by atoms with Crippen molar-refractivity contribution in [3.8, 4) is 5.88 Å². The van der Waals surface area contributed by atoms with Gasteiger partial charge in [0, 0.05) is 23.2 Å². The Labute approximate surface area is 75.4 Å². The smallest absolute Gasteiger partial charge is 0.376 e. The van der Waals surface area contributed by atoms with Crippen LogP contribution in [0.15, 0.2) is 18.5 Å². The van der Waals surface area contributed by atoms with Gasteiger partial charge in [-0.05, 0) is 0 Å². The Kier molecular flexibility index (Phi) is 1.77. The molecule has 2 rings (SSSR count). The van der Waals surface area contributed by atoms with Gasteiger partial charge < -0.3 is 9.64 Å². The summed E-state index contributed by atoms with van der Waals surface area (Å²) in [6, 6.07) is 1.61. The Morgan fingerprint density at radius 3 is 3.15 bits per heavy atom. The number of hydrogen-bond acceptors (Lipinski definition) is 3. The van der Waals surface area contributed by atoms with Crippen LogP contribution < -0.4 is 4.65 Å². The van der Waals surface area contributed by atoms with Gasteiger partial charge in [-0.1, -0.05) is 0 Å². The molecule has 0 aromatic carbocycles. The fourth-order valence-corrected chi connectivity index (χ4v) is 1.19. The van der Waals surface area contributed by atoms with Gasteiger partial charge in [-0.15, -0.1) is 0 Å². The van der Waals surface area contributed by atoms with Crippen LogP contribution in [0.3, 0.4) is 0 Å². The average Bonchev–Trinajstić information content (AvgIpc) is 2.59. The highest BCUT2D eigenvalue weighted by atomic mass is 16.4. The Balaban J connectivity index is 2.71. The number of carbonyl (C=O) groups is 1. The molecule has 0 fully saturated rings. The lowest BCUT2D eigenvalue weighted by atomic mass is 10.2. The van der Waals surface area contributed by atoms with Crippen LogP contribution in [0.5, 0.6) is 5.88 Å². The topological polar surface area (TPSA) is 55.0 Å². The summed E-state index contributed by atoms with van der Waals surface area (Å²) in [5.41, 5.74) is 1.35. The summed E-state index contributed by atoms with van der Waals surface area (Å²) in [6.07, 6.45) is 3.93. The third kappa shape index (κ3) is 1.18. The lowest BCUT2D eigenvalue weighted by Crippen LogP contribution is -1.88. The Hall–Kier alpha value is -1.78. The molecule has 0 spiro atoms. The summed E-state index contributed by atoms with van der Waals surface area (Å²) in [5.74, 6) is 0.287. The molecule has 62 valence electrons. The van der Waals surface area contributed by atoms with Gasteiger partial charge in [-0.2, -0.15) is 0 Å². The minimum atomic E-state index is 0.287. The summed E-state index contributed by atoms with van der Waals surface area (Å²) >= 11 is 0. The largest absolute Gasteiger partial charge is 0.555 e.